The largest absolute Gasteiger partial charge is 0.391 e. The molecule has 0 aromatic heterocycles. The van der Waals surface area contributed by atoms with Crippen LogP contribution in [0.3, 0.4) is 0 Å². The summed E-state index contributed by atoms with van der Waals surface area (Å²) in [5.41, 5.74) is -0.442. The molecule has 1 amide bonds. The number of carbonyl (C=O) groups is 1. The van der Waals surface area contributed by atoms with E-state index < -0.39 is 17.5 Å². The van der Waals surface area contributed by atoms with Gasteiger partial charge < -0.3 is 15.5 Å². The first-order valence-corrected chi connectivity index (χ1v) is 9.43. The summed E-state index contributed by atoms with van der Waals surface area (Å²) in [6.45, 7) is 0.457. The van der Waals surface area contributed by atoms with Crippen LogP contribution in [0.5, 0.6) is 0 Å². The maximum absolute atomic E-state index is 13.0. The molecule has 0 radical (unpaired) electrons. The molecule has 0 aromatic carbocycles. The van der Waals surface area contributed by atoms with Gasteiger partial charge in [0.2, 0.25) is 5.91 Å². The summed E-state index contributed by atoms with van der Waals surface area (Å²) < 4.78 is 39.0. The van der Waals surface area contributed by atoms with Crippen LogP contribution in [-0.4, -0.2) is 56.7 Å². The number of nitrogens with one attached hydrogen (secondary N) is 2. The second kappa shape index (κ2) is 8.48. The van der Waals surface area contributed by atoms with Gasteiger partial charge in [-0.3, -0.25) is 9.79 Å². The highest BCUT2D eigenvalue weighted by atomic mass is 19.4. The van der Waals surface area contributed by atoms with Crippen LogP contribution in [0.2, 0.25) is 0 Å². The van der Waals surface area contributed by atoms with Crippen molar-refractivity contribution >= 4 is 11.9 Å². The lowest BCUT2D eigenvalue weighted by Crippen LogP contribution is -2.51. The second-order valence-electron chi connectivity index (χ2n) is 7.86. The molecule has 2 saturated carbocycles. The Bertz CT molecular complexity index is 513. The average Bonchev–Trinajstić information content (AvgIpc) is 3.07. The first-order chi connectivity index (χ1) is 12.2. The van der Waals surface area contributed by atoms with Gasteiger partial charge in [0.15, 0.2) is 5.96 Å². The van der Waals surface area contributed by atoms with Crippen LogP contribution in [0.4, 0.5) is 13.2 Å². The molecule has 5 nitrogen and oxygen atoms in total. The standard InChI is InChI=1S/C18H31F3N4O/c1-22-16(24-14-8-6-7-13(11-14)18(19,20)21)23-12-17(9-4-5-10-17)15(26)25(2)3/h13-14H,4-12H2,1-3H3,(H2,22,23,24). The molecule has 0 spiro atoms. The molecule has 2 fully saturated rings. The van der Waals surface area contributed by atoms with Crippen LogP contribution in [0, 0.1) is 11.3 Å². The highest BCUT2D eigenvalue weighted by Gasteiger charge is 2.43. The zero-order valence-electron chi connectivity index (χ0n) is 16.0. The molecule has 2 N–H and O–H groups in total. The minimum absolute atomic E-state index is 0.0754. The second-order valence-corrected chi connectivity index (χ2v) is 7.86. The van der Waals surface area contributed by atoms with Gasteiger partial charge in [-0.15, -0.1) is 0 Å². The normalized spacial score (nSPS) is 26.5. The van der Waals surface area contributed by atoms with Gasteiger partial charge in [-0.1, -0.05) is 19.3 Å². The highest BCUT2D eigenvalue weighted by Crippen LogP contribution is 2.39. The van der Waals surface area contributed by atoms with Crippen LogP contribution in [0.1, 0.15) is 51.4 Å². The van der Waals surface area contributed by atoms with Gasteiger partial charge in [0.1, 0.15) is 0 Å². The fourth-order valence-corrected chi connectivity index (χ4v) is 4.25. The molecule has 150 valence electrons. The predicted octanol–water partition coefficient (Wildman–Crippen LogP) is 2.92. The number of guanidine groups is 1. The quantitative estimate of drug-likeness (QED) is 0.586. The van der Waals surface area contributed by atoms with Crippen molar-refractivity contribution in [3.8, 4) is 0 Å². The molecule has 26 heavy (non-hydrogen) atoms. The summed E-state index contributed by atoms with van der Waals surface area (Å²) in [6, 6.07) is -0.245. The maximum Gasteiger partial charge on any atom is 0.391 e. The smallest absolute Gasteiger partial charge is 0.355 e. The van der Waals surface area contributed by atoms with Crippen LogP contribution < -0.4 is 10.6 Å². The summed E-state index contributed by atoms with van der Waals surface area (Å²) in [4.78, 5) is 18.4. The van der Waals surface area contributed by atoms with E-state index in [0.29, 0.717) is 25.3 Å². The van der Waals surface area contributed by atoms with Crippen molar-refractivity contribution in [1.82, 2.24) is 15.5 Å². The van der Waals surface area contributed by atoms with Gasteiger partial charge in [0, 0.05) is 33.7 Å². The number of amides is 1. The summed E-state index contributed by atoms with van der Waals surface area (Å²) in [6.07, 6.45) is 1.09. The van der Waals surface area contributed by atoms with Crippen LogP contribution in [-0.2, 0) is 4.79 Å². The summed E-state index contributed by atoms with van der Waals surface area (Å²) >= 11 is 0. The van der Waals surface area contributed by atoms with Crippen molar-refractivity contribution in [2.45, 2.75) is 63.6 Å². The number of carbonyl (C=O) groups excluding carboxylic acids is 1. The lowest BCUT2D eigenvalue weighted by molar-refractivity contribution is -0.183. The van der Waals surface area contributed by atoms with Gasteiger partial charge in [0.05, 0.1) is 11.3 Å². The monoisotopic (exact) mass is 376 g/mol. The van der Waals surface area contributed by atoms with Crippen molar-refractivity contribution in [2.75, 3.05) is 27.7 Å². The zero-order chi connectivity index (χ0) is 19.4. The van der Waals surface area contributed by atoms with Crippen LogP contribution >= 0.6 is 0 Å². The van der Waals surface area contributed by atoms with E-state index in [9.17, 15) is 18.0 Å². The molecule has 2 aliphatic carbocycles. The number of rotatable bonds is 4. The van der Waals surface area contributed by atoms with Crippen molar-refractivity contribution in [3.05, 3.63) is 0 Å². The van der Waals surface area contributed by atoms with Crippen molar-refractivity contribution < 1.29 is 18.0 Å². The van der Waals surface area contributed by atoms with E-state index in [2.05, 4.69) is 15.6 Å². The van der Waals surface area contributed by atoms with E-state index in [0.717, 1.165) is 25.7 Å². The van der Waals surface area contributed by atoms with Gasteiger partial charge in [0.25, 0.3) is 0 Å². The first-order valence-electron chi connectivity index (χ1n) is 9.43. The van der Waals surface area contributed by atoms with E-state index in [-0.39, 0.29) is 24.8 Å². The zero-order valence-corrected chi connectivity index (χ0v) is 16.0. The maximum atomic E-state index is 13.0. The molecule has 2 unspecified atom stereocenters. The van der Waals surface area contributed by atoms with Crippen molar-refractivity contribution in [3.63, 3.8) is 0 Å². The van der Waals surface area contributed by atoms with E-state index in [1.165, 1.54) is 0 Å². The third-order valence-electron chi connectivity index (χ3n) is 5.72. The molecule has 0 bridgehead atoms. The fourth-order valence-electron chi connectivity index (χ4n) is 4.25. The third-order valence-corrected chi connectivity index (χ3v) is 5.72. The summed E-state index contributed by atoms with van der Waals surface area (Å²) in [7, 11) is 5.12. The lowest BCUT2D eigenvalue weighted by Gasteiger charge is -2.34. The number of halogens is 3. The Labute approximate surface area is 153 Å². The van der Waals surface area contributed by atoms with Gasteiger partial charge in [-0.25, -0.2) is 0 Å². The number of hydrogen-bond donors (Lipinski definition) is 2. The van der Waals surface area contributed by atoms with Crippen molar-refractivity contribution in [2.24, 2.45) is 16.3 Å². The molecular weight excluding hydrogens is 345 g/mol. The third kappa shape index (κ3) is 5.04. The summed E-state index contributed by atoms with van der Waals surface area (Å²) in [5.74, 6) is -0.660. The molecule has 0 aliphatic heterocycles. The molecule has 2 atom stereocenters. The Balaban J connectivity index is 1.94. The van der Waals surface area contributed by atoms with E-state index in [1.54, 1.807) is 26.0 Å². The molecule has 0 saturated heterocycles. The number of aliphatic imine (C=N–C) groups is 1. The minimum atomic E-state index is -4.14. The highest BCUT2D eigenvalue weighted by molar-refractivity contribution is 5.85. The fraction of sp³-hybridized carbons (Fsp3) is 0.889. The van der Waals surface area contributed by atoms with Gasteiger partial charge >= 0.3 is 6.18 Å². The Hall–Kier alpha value is -1.47. The average molecular weight is 376 g/mol. The molecule has 0 heterocycles. The topological polar surface area (TPSA) is 56.7 Å². The Morgan fingerprint density at radius 3 is 2.38 bits per heavy atom. The molecular formula is C18H31F3N4O. The van der Waals surface area contributed by atoms with Crippen molar-refractivity contribution in [1.29, 1.82) is 0 Å². The van der Waals surface area contributed by atoms with E-state index >= 15 is 0 Å². The lowest BCUT2D eigenvalue weighted by atomic mass is 9.84. The number of alkyl halides is 3. The number of hydrogen-bond acceptors (Lipinski definition) is 2. The predicted molar refractivity (Wildman–Crippen MR) is 95.9 cm³/mol. The SMILES string of the molecule is CN=C(NCC1(C(=O)N(C)C)CCCC1)NC1CCCC(C(F)(F)F)C1. The molecule has 2 aliphatic rings. The Kier molecular flexibility index (Phi) is 6.80. The number of nitrogens with zero attached hydrogens (tertiary/aromatic N) is 2. The summed E-state index contributed by atoms with van der Waals surface area (Å²) in [5, 5.41) is 6.33. The van der Waals surface area contributed by atoms with Crippen LogP contribution in [0.25, 0.3) is 0 Å². The Morgan fingerprint density at radius 2 is 1.85 bits per heavy atom. The van der Waals surface area contributed by atoms with E-state index in [4.69, 9.17) is 0 Å². The minimum Gasteiger partial charge on any atom is -0.355 e. The molecule has 0 aromatic rings. The van der Waals surface area contributed by atoms with Gasteiger partial charge in [-0.05, 0) is 32.1 Å². The molecule has 2 rings (SSSR count). The van der Waals surface area contributed by atoms with E-state index in [1.807, 2.05) is 0 Å². The van der Waals surface area contributed by atoms with Crippen LogP contribution in [0.15, 0.2) is 4.99 Å². The Morgan fingerprint density at radius 1 is 1.19 bits per heavy atom. The molecule has 8 heteroatoms. The van der Waals surface area contributed by atoms with Gasteiger partial charge in [-0.2, -0.15) is 13.2 Å². The first kappa shape index (κ1) is 20.8.